The first-order valence-corrected chi connectivity index (χ1v) is 3.89. The number of pyridine rings is 1. The monoisotopic (exact) mass is 215 g/mol. The van der Waals surface area contributed by atoms with Gasteiger partial charge in [-0.15, -0.1) is 4.80 Å². The van der Waals surface area contributed by atoms with Gasteiger partial charge in [0.1, 0.15) is 5.56 Å². The summed E-state index contributed by atoms with van der Waals surface area (Å²) in [4.78, 5) is 4.28. The summed E-state index contributed by atoms with van der Waals surface area (Å²) in [5.74, 6) is -0.437. The molecule has 2 aromatic rings. The Morgan fingerprint density at radius 1 is 1.20 bits per heavy atom. The first-order chi connectivity index (χ1) is 7.48. The van der Waals surface area contributed by atoms with Crippen LogP contribution in [0.3, 0.4) is 0 Å². The highest BCUT2D eigenvalue weighted by atomic mass is 19.4. The maximum atomic E-state index is 12.6. The number of nitrogens with zero attached hydrogens (tertiary/aromatic N) is 4. The van der Waals surface area contributed by atoms with Gasteiger partial charge in [-0.05, 0) is 12.1 Å². The minimum Gasteiger partial charge on any atom is -0.235 e. The smallest absolute Gasteiger partial charge is 0.235 e. The molecule has 0 saturated heterocycles. The van der Waals surface area contributed by atoms with E-state index in [2.05, 4.69) is 15.2 Å². The lowest BCUT2D eigenvalue weighted by Crippen LogP contribution is -2.13. The summed E-state index contributed by atoms with van der Waals surface area (Å²) in [6.45, 7) is 0. The molecule has 7 heteroatoms. The van der Waals surface area contributed by atoms with Crippen LogP contribution in [-0.2, 0) is 6.18 Å². The second-order valence-corrected chi connectivity index (χ2v) is 2.62. The highest BCUT2D eigenvalue weighted by Crippen LogP contribution is 2.31. The Bertz CT molecular complexity index is 494. The summed E-state index contributed by atoms with van der Waals surface area (Å²) in [6.07, 6.45) is -1.09. The van der Waals surface area contributed by atoms with E-state index < -0.39 is 17.6 Å². The fraction of sp³-hybridized carbons (Fsp3) is 0.125. The van der Waals surface area contributed by atoms with Crippen molar-refractivity contribution in [3.05, 3.63) is 36.3 Å². The standard InChI is InChI=1S/C8H5F3N4/c9-8(10,11)6-2-1-3-12-7(6)15-13-4-5-14-15/h1-5H/i1D. The van der Waals surface area contributed by atoms with Gasteiger partial charge in [-0.1, -0.05) is 0 Å². The van der Waals surface area contributed by atoms with Crippen LogP contribution < -0.4 is 0 Å². The van der Waals surface area contributed by atoms with Crippen LogP contribution in [0.1, 0.15) is 6.93 Å². The van der Waals surface area contributed by atoms with Gasteiger partial charge in [0.05, 0.1) is 13.8 Å². The SMILES string of the molecule is [2H]c1cnc(-n2nccn2)c(C(F)(F)F)c1. The molecule has 0 N–H and O–H groups in total. The molecule has 2 rings (SSSR count). The van der Waals surface area contributed by atoms with Crippen molar-refractivity contribution in [3.63, 3.8) is 0 Å². The van der Waals surface area contributed by atoms with Crippen LogP contribution in [0.5, 0.6) is 0 Å². The Hall–Kier alpha value is -1.92. The second-order valence-electron chi connectivity index (χ2n) is 2.62. The largest absolute Gasteiger partial charge is 0.420 e. The number of hydrogen-bond donors (Lipinski definition) is 0. The third-order valence-electron chi connectivity index (χ3n) is 1.64. The summed E-state index contributed by atoms with van der Waals surface area (Å²) < 4.78 is 45.0. The predicted octanol–water partition coefficient (Wildman–Crippen LogP) is 1.68. The zero-order valence-electron chi connectivity index (χ0n) is 8.23. The summed E-state index contributed by atoms with van der Waals surface area (Å²) in [7, 11) is 0. The summed E-state index contributed by atoms with van der Waals surface area (Å²) >= 11 is 0. The van der Waals surface area contributed by atoms with E-state index in [9.17, 15) is 13.2 Å². The molecule has 0 aliphatic carbocycles. The van der Waals surface area contributed by atoms with Crippen molar-refractivity contribution in [2.75, 3.05) is 0 Å². The van der Waals surface area contributed by atoms with Gasteiger partial charge >= 0.3 is 6.18 Å². The quantitative estimate of drug-likeness (QED) is 0.726. The van der Waals surface area contributed by atoms with Crippen LogP contribution in [-0.4, -0.2) is 20.0 Å². The zero-order valence-corrected chi connectivity index (χ0v) is 7.23. The van der Waals surface area contributed by atoms with E-state index in [-0.39, 0.29) is 6.04 Å². The molecular formula is C8H5F3N4. The van der Waals surface area contributed by atoms with Crippen LogP contribution in [0.25, 0.3) is 5.82 Å². The summed E-state index contributed by atoms with van der Waals surface area (Å²) in [6, 6.07) is 0.370. The molecule has 0 saturated carbocycles. The Morgan fingerprint density at radius 2 is 1.87 bits per heavy atom. The Balaban J connectivity index is 2.62. The number of aromatic nitrogens is 4. The van der Waals surface area contributed by atoms with Gasteiger partial charge < -0.3 is 0 Å². The fourth-order valence-electron chi connectivity index (χ4n) is 1.05. The molecule has 0 fully saturated rings. The Morgan fingerprint density at radius 3 is 2.47 bits per heavy atom. The van der Waals surface area contributed by atoms with E-state index in [1.165, 1.54) is 12.4 Å². The van der Waals surface area contributed by atoms with E-state index >= 15 is 0 Å². The van der Waals surface area contributed by atoms with Crippen molar-refractivity contribution in [1.82, 2.24) is 20.0 Å². The third-order valence-corrected chi connectivity index (χ3v) is 1.64. The number of alkyl halides is 3. The number of hydrogen-bond acceptors (Lipinski definition) is 3. The summed E-state index contributed by atoms with van der Waals surface area (Å²) in [5.41, 5.74) is -1.03. The molecule has 0 aliphatic rings. The molecule has 0 bridgehead atoms. The van der Waals surface area contributed by atoms with Crippen molar-refractivity contribution >= 4 is 0 Å². The highest BCUT2D eigenvalue weighted by Gasteiger charge is 2.35. The van der Waals surface area contributed by atoms with Gasteiger partial charge in [0.25, 0.3) is 0 Å². The Kier molecular flexibility index (Phi) is 1.87. The number of halogens is 3. The van der Waals surface area contributed by atoms with Gasteiger partial charge in [0, 0.05) is 6.20 Å². The molecule has 2 heterocycles. The molecule has 4 nitrogen and oxygen atoms in total. The molecule has 0 aliphatic heterocycles. The lowest BCUT2D eigenvalue weighted by Gasteiger charge is -2.09. The van der Waals surface area contributed by atoms with Crippen LogP contribution >= 0.6 is 0 Å². The van der Waals surface area contributed by atoms with Crippen LogP contribution in [0.15, 0.2) is 30.7 Å². The molecular weight excluding hydrogens is 209 g/mol. The van der Waals surface area contributed by atoms with Crippen molar-refractivity contribution in [3.8, 4) is 5.82 Å². The van der Waals surface area contributed by atoms with Crippen molar-refractivity contribution in [2.24, 2.45) is 0 Å². The Labute approximate surface area is 83.8 Å². The minimum absolute atomic E-state index is 0.316. The molecule has 0 spiro atoms. The molecule has 78 valence electrons. The van der Waals surface area contributed by atoms with Crippen LogP contribution in [0.2, 0.25) is 0 Å². The fourth-order valence-corrected chi connectivity index (χ4v) is 1.05. The lowest BCUT2D eigenvalue weighted by atomic mass is 10.2. The van der Waals surface area contributed by atoms with Gasteiger partial charge in [-0.25, -0.2) is 4.98 Å². The van der Waals surface area contributed by atoms with E-state index in [4.69, 9.17) is 1.37 Å². The van der Waals surface area contributed by atoms with E-state index in [1.807, 2.05) is 0 Å². The lowest BCUT2D eigenvalue weighted by molar-refractivity contribution is -0.137. The maximum absolute atomic E-state index is 12.6. The normalized spacial score (nSPS) is 12.6. The predicted molar refractivity (Wildman–Crippen MR) is 44.2 cm³/mol. The average molecular weight is 215 g/mol. The van der Waals surface area contributed by atoms with E-state index in [0.717, 1.165) is 11.0 Å². The third kappa shape index (κ3) is 1.80. The molecule has 0 aromatic carbocycles. The van der Waals surface area contributed by atoms with Crippen molar-refractivity contribution < 1.29 is 14.5 Å². The van der Waals surface area contributed by atoms with E-state index in [1.54, 1.807) is 0 Å². The van der Waals surface area contributed by atoms with Gasteiger partial charge in [0.15, 0.2) is 5.82 Å². The molecule has 0 atom stereocenters. The van der Waals surface area contributed by atoms with Crippen molar-refractivity contribution in [1.29, 1.82) is 0 Å². The first kappa shape index (κ1) is 8.39. The molecule has 15 heavy (non-hydrogen) atoms. The minimum atomic E-state index is -4.59. The number of rotatable bonds is 1. The van der Waals surface area contributed by atoms with Gasteiger partial charge in [-0.3, -0.25) is 0 Å². The topological polar surface area (TPSA) is 43.6 Å². The van der Waals surface area contributed by atoms with Crippen molar-refractivity contribution in [2.45, 2.75) is 6.18 Å². The molecule has 0 amide bonds. The first-order valence-electron chi connectivity index (χ1n) is 4.39. The van der Waals surface area contributed by atoms with Crippen LogP contribution in [0, 0.1) is 0 Å². The second kappa shape index (κ2) is 3.34. The average Bonchev–Trinajstić information content (AvgIpc) is 2.69. The molecule has 0 radical (unpaired) electrons. The van der Waals surface area contributed by atoms with E-state index in [0.29, 0.717) is 6.07 Å². The summed E-state index contributed by atoms with van der Waals surface area (Å²) in [5, 5.41) is 7.14. The van der Waals surface area contributed by atoms with Gasteiger partial charge in [0.2, 0.25) is 0 Å². The highest BCUT2D eigenvalue weighted by molar-refractivity contribution is 5.33. The molecule has 2 aromatic heterocycles. The zero-order chi connectivity index (χ0) is 11.8. The van der Waals surface area contributed by atoms with Crippen LogP contribution in [0.4, 0.5) is 13.2 Å². The van der Waals surface area contributed by atoms with Gasteiger partial charge in [-0.2, -0.15) is 23.4 Å². The molecule has 0 unspecified atom stereocenters. The maximum Gasteiger partial charge on any atom is 0.420 e.